The van der Waals surface area contributed by atoms with Gasteiger partial charge >= 0.3 is 6.18 Å². The Hall–Kier alpha value is -2.24. The fourth-order valence-corrected chi connectivity index (χ4v) is 1.83. The van der Waals surface area contributed by atoms with Gasteiger partial charge in [-0.15, -0.1) is 0 Å². The van der Waals surface area contributed by atoms with E-state index in [9.17, 15) is 17.6 Å². The first kappa shape index (κ1) is 15.2. The number of hydrogen-bond acceptors (Lipinski definition) is 2. The average molecular weight is 299 g/mol. The van der Waals surface area contributed by atoms with Crippen LogP contribution >= 0.6 is 0 Å². The number of ether oxygens (including phenoxy) is 1. The molecule has 2 aromatic rings. The van der Waals surface area contributed by atoms with Gasteiger partial charge in [-0.1, -0.05) is 12.1 Å². The lowest BCUT2D eigenvalue weighted by molar-refractivity contribution is -0.137. The Morgan fingerprint density at radius 1 is 1.10 bits per heavy atom. The predicted molar refractivity (Wildman–Crippen MR) is 71.7 cm³/mol. The molecule has 0 heterocycles. The molecule has 0 aromatic heterocycles. The first-order chi connectivity index (χ1) is 9.90. The fraction of sp³-hybridized carbons (Fsp3) is 0.200. The molecule has 1 N–H and O–H groups in total. The Kier molecular flexibility index (Phi) is 4.35. The van der Waals surface area contributed by atoms with Gasteiger partial charge in [0.05, 0.1) is 12.7 Å². The second-order valence-electron chi connectivity index (χ2n) is 4.40. The van der Waals surface area contributed by atoms with E-state index >= 15 is 0 Å². The highest BCUT2D eigenvalue weighted by Gasteiger charge is 2.30. The number of hydrogen-bond donors (Lipinski definition) is 1. The van der Waals surface area contributed by atoms with Gasteiger partial charge in [0.15, 0.2) is 11.6 Å². The minimum Gasteiger partial charge on any atom is -0.494 e. The summed E-state index contributed by atoms with van der Waals surface area (Å²) in [5.41, 5.74) is 0.345. The average Bonchev–Trinajstić information content (AvgIpc) is 2.46. The smallest absolute Gasteiger partial charge is 0.416 e. The Bertz CT molecular complexity index is 625. The molecule has 0 aliphatic rings. The van der Waals surface area contributed by atoms with Gasteiger partial charge < -0.3 is 10.1 Å². The number of halogens is 4. The molecule has 0 amide bonds. The predicted octanol–water partition coefficient (Wildman–Crippen LogP) is 4.47. The first-order valence-electron chi connectivity index (χ1n) is 6.13. The zero-order valence-corrected chi connectivity index (χ0v) is 11.2. The lowest BCUT2D eigenvalue weighted by Crippen LogP contribution is -2.07. The zero-order chi connectivity index (χ0) is 15.5. The van der Waals surface area contributed by atoms with Gasteiger partial charge in [0, 0.05) is 18.3 Å². The monoisotopic (exact) mass is 299 g/mol. The van der Waals surface area contributed by atoms with E-state index in [1.54, 1.807) is 6.07 Å². The molecular weight excluding hydrogens is 286 g/mol. The van der Waals surface area contributed by atoms with Crippen molar-refractivity contribution in [3.05, 3.63) is 59.4 Å². The van der Waals surface area contributed by atoms with Gasteiger partial charge in [0.2, 0.25) is 0 Å². The summed E-state index contributed by atoms with van der Waals surface area (Å²) in [6.07, 6.45) is -4.37. The molecule has 0 fully saturated rings. The van der Waals surface area contributed by atoms with Crippen LogP contribution in [0.1, 0.15) is 11.1 Å². The van der Waals surface area contributed by atoms with Crippen LogP contribution in [-0.2, 0) is 12.7 Å². The van der Waals surface area contributed by atoms with Gasteiger partial charge in [0.25, 0.3) is 0 Å². The lowest BCUT2D eigenvalue weighted by Gasteiger charge is -2.11. The van der Waals surface area contributed by atoms with Gasteiger partial charge in [-0.05, 0) is 29.8 Å². The van der Waals surface area contributed by atoms with Crippen LogP contribution in [0.3, 0.4) is 0 Å². The summed E-state index contributed by atoms with van der Waals surface area (Å²) in [5, 5.41) is 2.93. The van der Waals surface area contributed by atoms with Crippen LogP contribution < -0.4 is 10.1 Å². The van der Waals surface area contributed by atoms with E-state index < -0.39 is 17.6 Å². The number of anilines is 1. The van der Waals surface area contributed by atoms with Crippen LogP contribution in [0.4, 0.5) is 23.2 Å². The zero-order valence-electron chi connectivity index (χ0n) is 11.2. The van der Waals surface area contributed by atoms with Gasteiger partial charge in [0.1, 0.15) is 0 Å². The Balaban J connectivity index is 2.10. The van der Waals surface area contributed by atoms with Crippen LogP contribution in [0.15, 0.2) is 42.5 Å². The molecule has 2 aromatic carbocycles. The van der Waals surface area contributed by atoms with Crippen LogP contribution in [0.5, 0.6) is 5.75 Å². The normalized spacial score (nSPS) is 11.3. The third-order valence-corrected chi connectivity index (χ3v) is 2.90. The van der Waals surface area contributed by atoms with Crippen LogP contribution in [0.25, 0.3) is 0 Å². The standard InChI is InChI=1S/C15H13F4NO/c1-21-14-8-12(5-6-13(14)16)20-9-10-3-2-4-11(7-10)15(17,18)19/h2-8,20H,9H2,1H3. The van der Waals surface area contributed by atoms with Crippen molar-refractivity contribution in [2.75, 3.05) is 12.4 Å². The van der Waals surface area contributed by atoms with Crippen LogP contribution in [0, 0.1) is 5.82 Å². The second-order valence-corrected chi connectivity index (χ2v) is 4.40. The summed E-state index contributed by atoms with van der Waals surface area (Å²) < 4.78 is 55.9. The number of alkyl halides is 3. The molecule has 2 rings (SSSR count). The molecule has 0 spiro atoms. The molecule has 0 aliphatic carbocycles. The third-order valence-electron chi connectivity index (χ3n) is 2.90. The maximum absolute atomic E-state index is 13.2. The van der Waals surface area contributed by atoms with Crippen molar-refractivity contribution < 1.29 is 22.3 Å². The van der Waals surface area contributed by atoms with E-state index in [0.29, 0.717) is 11.3 Å². The van der Waals surface area contributed by atoms with Crippen molar-refractivity contribution in [3.8, 4) is 5.75 Å². The maximum atomic E-state index is 13.2. The topological polar surface area (TPSA) is 21.3 Å². The van der Waals surface area contributed by atoms with Gasteiger partial charge in [-0.2, -0.15) is 13.2 Å². The highest BCUT2D eigenvalue weighted by molar-refractivity contribution is 5.49. The van der Waals surface area contributed by atoms with Crippen molar-refractivity contribution in [2.45, 2.75) is 12.7 Å². The Labute approximate surface area is 119 Å². The fourth-order valence-electron chi connectivity index (χ4n) is 1.83. The Morgan fingerprint density at radius 3 is 2.52 bits per heavy atom. The number of nitrogens with one attached hydrogen (secondary N) is 1. The molecule has 0 atom stereocenters. The summed E-state index contributed by atoms with van der Waals surface area (Å²) >= 11 is 0. The maximum Gasteiger partial charge on any atom is 0.416 e. The third kappa shape index (κ3) is 3.87. The van der Waals surface area contributed by atoms with Crippen molar-refractivity contribution in [1.29, 1.82) is 0 Å². The summed E-state index contributed by atoms with van der Waals surface area (Å²) in [7, 11) is 1.34. The highest BCUT2D eigenvalue weighted by atomic mass is 19.4. The second kappa shape index (κ2) is 6.03. The Morgan fingerprint density at radius 2 is 1.86 bits per heavy atom. The quantitative estimate of drug-likeness (QED) is 0.841. The SMILES string of the molecule is COc1cc(NCc2cccc(C(F)(F)F)c2)ccc1F. The molecule has 0 unspecified atom stereocenters. The van der Waals surface area contributed by atoms with Crippen molar-refractivity contribution in [3.63, 3.8) is 0 Å². The van der Waals surface area contributed by atoms with E-state index in [1.165, 1.54) is 31.4 Å². The number of rotatable bonds is 4. The van der Waals surface area contributed by atoms with Crippen LogP contribution in [-0.4, -0.2) is 7.11 Å². The highest BCUT2D eigenvalue weighted by Crippen LogP contribution is 2.29. The van der Waals surface area contributed by atoms with Crippen molar-refractivity contribution in [1.82, 2.24) is 0 Å². The number of benzene rings is 2. The number of methoxy groups -OCH3 is 1. The molecule has 21 heavy (non-hydrogen) atoms. The van der Waals surface area contributed by atoms with E-state index in [1.807, 2.05) is 0 Å². The minimum absolute atomic E-state index is 0.0732. The largest absolute Gasteiger partial charge is 0.494 e. The summed E-state index contributed by atoms with van der Waals surface area (Å²) in [6, 6.07) is 9.20. The van der Waals surface area contributed by atoms with Gasteiger partial charge in [-0.25, -0.2) is 4.39 Å². The molecule has 0 radical (unpaired) electrons. The summed E-state index contributed by atoms with van der Waals surface area (Å²) in [6.45, 7) is 0.193. The van der Waals surface area contributed by atoms with E-state index in [-0.39, 0.29) is 12.3 Å². The molecule has 112 valence electrons. The molecule has 0 bridgehead atoms. The molecule has 0 saturated carbocycles. The molecular formula is C15H13F4NO. The summed E-state index contributed by atoms with van der Waals surface area (Å²) in [4.78, 5) is 0. The van der Waals surface area contributed by atoms with Gasteiger partial charge in [-0.3, -0.25) is 0 Å². The molecule has 2 nitrogen and oxygen atoms in total. The van der Waals surface area contributed by atoms with Crippen LogP contribution in [0.2, 0.25) is 0 Å². The van der Waals surface area contributed by atoms with E-state index in [4.69, 9.17) is 4.74 Å². The minimum atomic E-state index is -4.37. The lowest BCUT2D eigenvalue weighted by atomic mass is 10.1. The van der Waals surface area contributed by atoms with E-state index in [0.717, 1.165) is 12.1 Å². The van der Waals surface area contributed by atoms with E-state index in [2.05, 4.69) is 5.32 Å². The molecule has 0 aliphatic heterocycles. The molecule has 0 saturated heterocycles. The van der Waals surface area contributed by atoms with Crippen molar-refractivity contribution in [2.24, 2.45) is 0 Å². The first-order valence-corrected chi connectivity index (χ1v) is 6.13. The molecule has 6 heteroatoms. The summed E-state index contributed by atoms with van der Waals surface area (Å²) in [5.74, 6) is -0.425. The van der Waals surface area contributed by atoms with Crippen molar-refractivity contribution >= 4 is 5.69 Å².